The molecule has 0 radical (unpaired) electrons. The molecule has 0 unspecified atom stereocenters. The number of amides is 2. The first-order chi connectivity index (χ1) is 10.6. The van der Waals surface area contributed by atoms with Crippen LogP contribution in [0.5, 0.6) is 0 Å². The van der Waals surface area contributed by atoms with E-state index in [1.807, 2.05) is 11.6 Å². The van der Waals surface area contributed by atoms with Gasteiger partial charge in [-0.3, -0.25) is 14.9 Å². The van der Waals surface area contributed by atoms with Gasteiger partial charge in [0, 0.05) is 26.2 Å². The summed E-state index contributed by atoms with van der Waals surface area (Å²) in [6, 6.07) is 3.42. The largest absolute Gasteiger partial charge is 0.347 e. The number of aromatic nitrogens is 4. The standard InChI is InChI=1S/C14H17N5O2S/c1-18-7-3-4-10(18)13(21)15-11(20)8-22-14-17-16-12(19(14)2)9-5-6-9/h3-4,7,9H,5-6,8H2,1-2H3,(H,15,20,21). The summed E-state index contributed by atoms with van der Waals surface area (Å²) in [6.07, 6.45) is 4.07. The average molecular weight is 319 g/mol. The Morgan fingerprint density at radius 2 is 2.14 bits per heavy atom. The Morgan fingerprint density at radius 1 is 1.36 bits per heavy atom. The number of hydrogen-bond acceptors (Lipinski definition) is 5. The van der Waals surface area contributed by atoms with Gasteiger partial charge >= 0.3 is 0 Å². The van der Waals surface area contributed by atoms with Gasteiger partial charge in [-0.15, -0.1) is 10.2 Å². The predicted octanol–water partition coefficient (Wildman–Crippen LogP) is 1.08. The normalized spacial score (nSPS) is 14.1. The Labute approximate surface area is 132 Å². The SMILES string of the molecule is Cn1cccc1C(=O)NC(=O)CSc1nnc(C2CC2)n1C. The van der Waals surface area contributed by atoms with E-state index in [0.29, 0.717) is 16.8 Å². The molecule has 0 spiro atoms. The Bertz CT molecular complexity index is 717. The van der Waals surface area contributed by atoms with E-state index in [-0.39, 0.29) is 11.7 Å². The molecule has 2 aromatic rings. The van der Waals surface area contributed by atoms with Crippen molar-refractivity contribution in [3.63, 3.8) is 0 Å². The molecule has 0 aromatic carbocycles. The lowest BCUT2D eigenvalue weighted by atomic mass is 10.4. The van der Waals surface area contributed by atoms with Crippen molar-refractivity contribution in [1.82, 2.24) is 24.6 Å². The van der Waals surface area contributed by atoms with E-state index in [1.165, 1.54) is 11.8 Å². The van der Waals surface area contributed by atoms with E-state index in [4.69, 9.17) is 0 Å². The molecule has 0 atom stereocenters. The van der Waals surface area contributed by atoms with E-state index in [9.17, 15) is 9.59 Å². The van der Waals surface area contributed by atoms with Gasteiger partial charge in [0.25, 0.3) is 5.91 Å². The van der Waals surface area contributed by atoms with Crippen LogP contribution in [0.2, 0.25) is 0 Å². The van der Waals surface area contributed by atoms with Crippen molar-refractivity contribution in [3.05, 3.63) is 29.8 Å². The number of carbonyl (C=O) groups is 2. The number of nitrogens with one attached hydrogen (secondary N) is 1. The van der Waals surface area contributed by atoms with Crippen LogP contribution in [0.1, 0.15) is 35.1 Å². The third kappa shape index (κ3) is 3.06. The first-order valence-electron chi connectivity index (χ1n) is 7.04. The molecule has 22 heavy (non-hydrogen) atoms. The average Bonchev–Trinajstić information content (AvgIpc) is 3.12. The van der Waals surface area contributed by atoms with Gasteiger partial charge in [-0.05, 0) is 25.0 Å². The van der Waals surface area contributed by atoms with Crippen molar-refractivity contribution >= 4 is 23.6 Å². The van der Waals surface area contributed by atoms with Crippen molar-refractivity contribution < 1.29 is 9.59 Å². The fourth-order valence-corrected chi connectivity index (χ4v) is 2.92. The zero-order valence-electron chi connectivity index (χ0n) is 12.4. The topological polar surface area (TPSA) is 81.8 Å². The summed E-state index contributed by atoms with van der Waals surface area (Å²) in [5.41, 5.74) is 0.452. The maximum atomic E-state index is 11.9. The van der Waals surface area contributed by atoms with Gasteiger partial charge < -0.3 is 9.13 Å². The molecule has 7 nitrogen and oxygen atoms in total. The quantitative estimate of drug-likeness (QED) is 0.834. The van der Waals surface area contributed by atoms with Crippen LogP contribution >= 0.6 is 11.8 Å². The second-order valence-electron chi connectivity index (χ2n) is 5.34. The highest BCUT2D eigenvalue weighted by atomic mass is 32.2. The number of imide groups is 1. The van der Waals surface area contributed by atoms with Gasteiger partial charge in [0.05, 0.1) is 5.75 Å². The lowest BCUT2D eigenvalue weighted by Crippen LogP contribution is -2.33. The van der Waals surface area contributed by atoms with Gasteiger partial charge in [-0.2, -0.15) is 0 Å². The minimum atomic E-state index is -0.394. The monoisotopic (exact) mass is 319 g/mol. The summed E-state index contributed by atoms with van der Waals surface area (Å²) >= 11 is 1.28. The minimum Gasteiger partial charge on any atom is -0.347 e. The molecule has 0 aliphatic heterocycles. The maximum Gasteiger partial charge on any atom is 0.274 e. The van der Waals surface area contributed by atoms with Crippen LogP contribution in [0.25, 0.3) is 0 Å². The van der Waals surface area contributed by atoms with Gasteiger partial charge in [0.2, 0.25) is 5.91 Å². The molecule has 2 aromatic heterocycles. The fourth-order valence-electron chi connectivity index (χ4n) is 2.20. The number of nitrogens with zero attached hydrogens (tertiary/aromatic N) is 4. The summed E-state index contributed by atoms with van der Waals surface area (Å²) in [5, 5.41) is 11.3. The zero-order chi connectivity index (χ0) is 15.7. The van der Waals surface area contributed by atoms with E-state index in [1.54, 1.807) is 29.9 Å². The Morgan fingerprint density at radius 3 is 2.77 bits per heavy atom. The second kappa shape index (κ2) is 5.96. The highest BCUT2D eigenvalue weighted by Crippen LogP contribution is 2.39. The molecule has 0 bridgehead atoms. The zero-order valence-corrected chi connectivity index (χ0v) is 13.3. The lowest BCUT2D eigenvalue weighted by Gasteiger charge is -2.05. The minimum absolute atomic E-state index is 0.132. The van der Waals surface area contributed by atoms with Crippen molar-refractivity contribution in [2.45, 2.75) is 23.9 Å². The fraction of sp³-hybridized carbons (Fsp3) is 0.429. The molecule has 1 fully saturated rings. The van der Waals surface area contributed by atoms with Gasteiger partial charge in [0.15, 0.2) is 5.16 Å². The van der Waals surface area contributed by atoms with E-state index in [0.717, 1.165) is 18.7 Å². The molecule has 0 saturated heterocycles. The number of hydrogen-bond donors (Lipinski definition) is 1. The van der Waals surface area contributed by atoms with Crippen molar-refractivity contribution in [3.8, 4) is 0 Å². The van der Waals surface area contributed by atoms with Crippen LogP contribution in [0.15, 0.2) is 23.5 Å². The van der Waals surface area contributed by atoms with Crippen molar-refractivity contribution in [1.29, 1.82) is 0 Å². The summed E-state index contributed by atoms with van der Waals surface area (Å²) in [7, 11) is 3.66. The molecule has 116 valence electrons. The number of aryl methyl sites for hydroxylation is 1. The summed E-state index contributed by atoms with van der Waals surface area (Å²) < 4.78 is 3.59. The second-order valence-corrected chi connectivity index (χ2v) is 6.29. The van der Waals surface area contributed by atoms with E-state index >= 15 is 0 Å². The van der Waals surface area contributed by atoms with Gasteiger partial charge in [-0.25, -0.2) is 0 Å². The maximum absolute atomic E-state index is 11.9. The van der Waals surface area contributed by atoms with Crippen LogP contribution in [-0.4, -0.2) is 36.9 Å². The molecule has 3 rings (SSSR count). The molecule has 1 saturated carbocycles. The molecule has 1 N–H and O–H groups in total. The highest BCUT2D eigenvalue weighted by molar-refractivity contribution is 7.99. The van der Waals surface area contributed by atoms with Crippen molar-refractivity contribution in [2.24, 2.45) is 14.1 Å². The van der Waals surface area contributed by atoms with Crippen LogP contribution < -0.4 is 5.32 Å². The number of carbonyl (C=O) groups excluding carboxylic acids is 2. The molecular weight excluding hydrogens is 302 g/mol. The molecule has 2 amide bonds. The third-order valence-electron chi connectivity index (χ3n) is 3.57. The van der Waals surface area contributed by atoms with Gasteiger partial charge in [-0.1, -0.05) is 11.8 Å². The van der Waals surface area contributed by atoms with Crippen LogP contribution in [0.4, 0.5) is 0 Å². The van der Waals surface area contributed by atoms with E-state index in [2.05, 4.69) is 15.5 Å². The Kier molecular flexibility index (Phi) is 4.02. The molecule has 2 heterocycles. The van der Waals surface area contributed by atoms with Crippen LogP contribution in [0.3, 0.4) is 0 Å². The third-order valence-corrected chi connectivity index (χ3v) is 4.59. The molecular formula is C14H17N5O2S. The summed E-state index contributed by atoms with van der Waals surface area (Å²) in [4.78, 5) is 23.8. The highest BCUT2D eigenvalue weighted by Gasteiger charge is 2.29. The molecule has 8 heteroatoms. The van der Waals surface area contributed by atoms with Crippen LogP contribution in [-0.2, 0) is 18.9 Å². The Hall–Kier alpha value is -2.09. The summed E-state index contributed by atoms with van der Waals surface area (Å²) in [6.45, 7) is 0. The predicted molar refractivity (Wildman–Crippen MR) is 81.6 cm³/mol. The lowest BCUT2D eigenvalue weighted by molar-refractivity contribution is -0.117. The Balaban J connectivity index is 1.54. The van der Waals surface area contributed by atoms with E-state index < -0.39 is 5.91 Å². The van der Waals surface area contributed by atoms with Crippen LogP contribution in [0, 0.1) is 0 Å². The van der Waals surface area contributed by atoms with Crippen molar-refractivity contribution in [2.75, 3.05) is 5.75 Å². The molecule has 1 aliphatic carbocycles. The first kappa shape index (κ1) is 14.8. The molecule has 1 aliphatic rings. The number of thioether (sulfide) groups is 1. The van der Waals surface area contributed by atoms with Gasteiger partial charge in [0.1, 0.15) is 11.5 Å². The number of rotatable bonds is 5. The smallest absolute Gasteiger partial charge is 0.274 e. The first-order valence-corrected chi connectivity index (χ1v) is 8.02. The summed E-state index contributed by atoms with van der Waals surface area (Å²) in [5.74, 6) is 0.886.